The van der Waals surface area contributed by atoms with Crippen molar-refractivity contribution in [2.75, 3.05) is 4.90 Å². The maximum atomic E-state index is 2.53. The van der Waals surface area contributed by atoms with Gasteiger partial charge in [-0.05, 0) is 158 Å². The normalized spacial score (nSPS) is 11.7. The molecule has 11 aromatic carbocycles. The fourth-order valence-electron chi connectivity index (χ4n) is 10.4. The van der Waals surface area contributed by atoms with Crippen LogP contribution in [0.3, 0.4) is 0 Å². The molecule has 12 aromatic rings. The zero-order valence-electron chi connectivity index (χ0n) is 42.6. The van der Waals surface area contributed by atoms with Crippen LogP contribution >= 0.6 is 20.1 Å². The molecule has 74 heavy (non-hydrogen) atoms. The SMILES string of the molecule is CC.CC.c1ccc(N(c2ccccc2)c2ccc(-n3c4ccc(S(c5ccccc5)(c5ccccc5)c5ccccc5)cc4c4cc(S(c5ccccc5)(c5ccccc5)c5ccccc5)ccc43)cc2)cc1. The van der Waals surface area contributed by atoms with Crippen molar-refractivity contribution < 1.29 is 0 Å². The Morgan fingerprint density at radius 1 is 0.243 bits per heavy atom. The second kappa shape index (κ2) is 22.6. The van der Waals surface area contributed by atoms with Gasteiger partial charge in [0, 0.05) is 72.7 Å². The molecule has 2 nitrogen and oxygen atoms in total. The van der Waals surface area contributed by atoms with E-state index >= 15 is 0 Å². The topological polar surface area (TPSA) is 8.17 Å². The summed E-state index contributed by atoms with van der Waals surface area (Å²) in [6.07, 6.45) is 0. The van der Waals surface area contributed by atoms with Crippen molar-refractivity contribution in [1.29, 1.82) is 0 Å². The monoisotopic (exact) mass is 994 g/mol. The summed E-state index contributed by atoms with van der Waals surface area (Å²) in [5.41, 5.74) is 6.74. The lowest BCUT2D eigenvalue weighted by Gasteiger charge is -2.42. The van der Waals surface area contributed by atoms with Crippen LogP contribution in [-0.4, -0.2) is 4.57 Å². The predicted octanol–water partition coefficient (Wildman–Crippen LogP) is 21.0. The number of anilines is 3. The van der Waals surface area contributed by atoms with Gasteiger partial charge in [-0.2, -0.15) is 0 Å². The number of para-hydroxylation sites is 2. The molecule has 0 atom stereocenters. The van der Waals surface area contributed by atoms with E-state index in [9.17, 15) is 0 Å². The van der Waals surface area contributed by atoms with Crippen molar-refractivity contribution in [2.24, 2.45) is 0 Å². The summed E-state index contributed by atoms with van der Waals surface area (Å²) in [6.45, 7) is 8.00. The highest BCUT2D eigenvalue weighted by molar-refractivity contribution is 8.34. The van der Waals surface area contributed by atoms with E-state index in [0.29, 0.717) is 0 Å². The zero-order chi connectivity index (χ0) is 50.7. The van der Waals surface area contributed by atoms with Crippen molar-refractivity contribution in [3.05, 3.63) is 303 Å². The maximum Gasteiger partial charge on any atom is 0.0541 e. The molecule has 364 valence electrons. The number of nitrogens with zero attached hydrogens (tertiary/aromatic N) is 2. The molecular weight excluding hydrogens is 933 g/mol. The van der Waals surface area contributed by atoms with Crippen molar-refractivity contribution in [3.63, 3.8) is 0 Å². The lowest BCUT2D eigenvalue weighted by atomic mass is 10.1. The number of benzene rings is 11. The van der Waals surface area contributed by atoms with Crippen molar-refractivity contribution in [2.45, 2.75) is 66.9 Å². The number of rotatable bonds is 12. The molecule has 0 N–H and O–H groups in total. The average molecular weight is 995 g/mol. The van der Waals surface area contributed by atoms with Crippen molar-refractivity contribution in [3.8, 4) is 5.69 Å². The van der Waals surface area contributed by atoms with E-state index < -0.39 is 20.1 Å². The highest BCUT2D eigenvalue weighted by Gasteiger charge is 2.36. The van der Waals surface area contributed by atoms with Gasteiger partial charge < -0.3 is 9.47 Å². The van der Waals surface area contributed by atoms with E-state index in [2.05, 4.69) is 313 Å². The van der Waals surface area contributed by atoms with Gasteiger partial charge in [-0.15, -0.1) is 20.1 Å². The van der Waals surface area contributed by atoms with Crippen LogP contribution in [0.2, 0.25) is 0 Å². The zero-order valence-corrected chi connectivity index (χ0v) is 44.2. The lowest BCUT2D eigenvalue weighted by Crippen LogP contribution is -2.09. The molecule has 0 aliphatic carbocycles. The summed E-state index contributed by atoms with van der Waals surface area (Å²) in [7, 11) is -3.94. The van der Waals surface area contributed by atoms with Gasteiger partial charge in [0.25, 0.3) is 0 Å². The quantitative estimate of drug-likeness (QED) is 0.118. The number of hydrogen-bond donors (Lipinski definition) is 0. The lowest BCUT2D eigenvalue weighted by molar-refractivity contribution is 1.17. The number of aromatic nitrogens is 1. The molecule has 0 bridgehead atoms. The second-order valence-electron chi connectivity index (χ2n) is 17.3. The highest BCUT2D eigenvalue weighted by atomic mass is 32.3. The molecule has 4 heteroatoms. The summed E-state index contributed by atoms with van der Waals surface area (Å²) in [5.74, 6) is 0. The molecule has 0 saturated carbocycles. The van der Waals surface area contributed by atoms with Crippen molar-refractivity contribution in [1.82, 2.24) is 4.57 Å². The van der Waals surface area contributed by atoms with Gasteiger partial charge in [0.1, 0.15) is 0 Å². The molecule has 0 aliphatic rings. The molecule has 0 radical (unpaired) electrons. The van der Waals surface area contributed by atoms with Crippen LogP contribution in [0.1, 0.15) is 27.7 Å². The van der Waals surface area contributed by atoms with Crippen LogP contribution in [-0.2, 0) is 0 Å². The molecule has 0 saturated heterocycles. The van der Waals surface area contributed by atoms with Gasteiger partial charge in [-0.1, -0.05) is 173 Å². The first kappa shape index (κ1) is 49.3. The summed E-state index contributed by atoms with van der Waals surface area (Å²) in [4.78, 5) is 12.7. The number of hydrogen-bond acceptors (Lipinski definition) is 1. The maximum absolute atomic E-state index is 2.53. The molecule has 12 rings (SSSR count). The van der Waals surface area contributed by atoms with E-state index in [1.54, 1.807) is 0 Å². The van der Waals surface area contributed by atoms with Gasteiger partial charge in [0.15, 0.2) is 0 Å². The summed E-state index contributed by atoms with van der Waals surface area (Å²) in [5, 5.41) is 2.44. The summed E-state index contributed by atoms with van der Waals surface area (Å²) < 4.78 is 2.48. The third-order valence-electron chi connectivity index (χ3n) is 13.4. The van der Waals surface area contributed by atoms with E-state index in [1.807, 2.05) is 27.7 Å². The van der Waals surface area contributed by atoms with E-state index in [1.165, 1.54) is 49.9 Å². The second-order valence-corrected chi connectivity index (χ2v) is 23.5. The highest BCUT2D eigenvalue weighted by Crippen LogP contribution is 2.75. The van der Waals surface area contributed by atoms with Gasteiger partial charge >= 0.3 is 0 Å². The van der Waals surface area contributed by atoms with Crippen LogP contribution in [0.4, 0.5) is 17.1 Å². The minimum atomic E-state index is -1.97. The van der Waals surface area contributed by atoms with E-state index in [0.717, 1.165) is 33.8 Å². The summed E-state index contributed by atoms with van der Waals surface area (Å²) in [6, 6.07) is 112. The van der Waals surface area contributed by atoms with Gasteiger partial charge in [0.2, 0.25) is 0 Å². The Labute approximate surface area is 441 Å². The molecule has 0 aliphatic heterocycles. The van der Waals surface area contributed by atoms with Crippen LogP contribution < -0.4 is 4.90 Å². The van der Waals surface area contributed by atoms with E-state index in [-0.39, 0.29) is 0 Å². The van der Waals surface area contributed by atoms with Crippen molar-refractivity contribution >= 4 is 58.9 Å². The predicted molar refractivity (Wildman–Crippen MR) is 318 cm³/mol. The molecule has 0 fully saturated rings. The fourth-order valence-corrected chi connectivity index (χ4v) is 18.2. The first-order valence-electron chi connectivity index (χ1n) is 25.8. The molecule has 1 heterocycles. The van der Waals surface area contributed by atoms with Gasteiger partial charge in [0.05, 0.1) is 11.0 Å². The average Bonchev–Trinajstić information content (AvgIpc) is 3.82. The molecular formula is C70H62N2S2. The largest absolute Gasteiger partial charge is 0.311 e. The molecule has 1 aromatic heterocycles. The fraction of sp³-hybridized carbons (Fsp3) is 0.0571. The Morgan fingerprint density at radius 3 is 0.757 bits per heavy atom. The van der Waals surface area contributed by atoms with Crippen LogP contribution in [0.15, 0.2) is 342 Å². The van der Waals surface area contributed by atoms with E-state index in [4.69, 9.17) is 0 Å². The van der Waals surface area contributed by atoms with Gasteiger partial charge in [-0.3, -0.25) is 0 Å². The van der Waals surface area contributed by atoms with Gasteiger partial charge in [-0.25, -0.2) is 0 Å². The smallest absolute Gasteiger partial charge is 0.0541 e. The minimum Gasteiger partial charge on any atom is -0.311 e. The third kappa shape index (κ3) is 8.91. The first-order valence-corrected chi connectivity index (χ1v) is 29.1. The number of fused-ring (bicyclic) bond motifs is 3. The first-order chi connectivity index (χ1) is 36.7. The van der Waals surface area contributed by atoms with Crippen LogP contribution in [0.5, 0.6) is 0 Å². The minimum absolute atomic E-state index is 1.09. The standard InChI is InChI=1S/C66H50N2S2.2C2H6/c1-9-25-51(26-10-1)67(52-27-11-2-12-28-52)53-41-43-54(44-42-53)68-65-47-45-61(69(55-29-13-3-14-30-55,56-31-15-4-16-32-56)57-33-17-5-18-34-57)49-63(65)64-50-62(46-48-66(64)68)70(58-35-19-6-20-36-58,59-37-21-7-22-38-59)60-39-23-8-24-40-60;2*1-2/h1-50H;2*1-2H3. The van der Waals surface area contributed by atoms with Crippen LogP contribution in [0.25, 0.3) is 27.5 Å². The Hall–Kier alpha value is -8.28. The molecule has 0 spiro atoms. The Balaban J connectivity index is 0.00000153. The Morgan fingerprint density at radius 2 is 0.486 bits per heavy atom. The van der Waals surface area contributed by atoms with Crippen LogP contribution in [0, 0.1) is 0 Å². The molecule has 0 amide bonds. The molecule has 0 unspecified atom stereocenters. The summed E-state index contributed by atoms with van der Waals surface area (Å²) >= 11 is 0. The Bertz CT molecular complexity index is 3250. The Kier molecular flexibility index (Phi) is 15.1. The third-order valence-corrected chi connectivity index (χ3v) is 21.2.